The Kier molecular flexibility index (Phi) is 6.46. The van der Waals surface area contributed by atoms with Crippen molar-refractivity contribution in [3.8, 4) is 0 Å². The minimum atomic E-state index is -0.120. The van der Waals surface area contributed by atoms with E-state index in [4.69, 9.17) is 10.5 Å². The van der Waals surface area contributed by atoms with Gasteiger partial charge >= 0.3 is 0 Å². The summed E-state index contributed by atoms with van der Waals surface area (Å²) in [7, 11) is 0. The first kappa shape index (κ1) is 19.1. The zero-order valence-electron chi connectivity index (χ0n) is 15.8. The van der Waals surface area contributed by atoms with Crippen molar-refractivity contribution in [3.63, 3.8) is 0 Å². The largest absolute Gasteiger partial charge is 0.396 e. The summed E-state index contributed by atoms with van der Waals surface area (Å²) < 4.78 is 6.17. The van der Waals surface area contributed by atoms with Crippen LogP contribution in [0.2, 0.25) is 0 Å². The third-order valence-electron chi connectivity index (χ3n) is 5.78. The van der Waals surface area contributed by atoms with Gasteiger partial charge in [-0.05, 0) is 50.5 Å². The van der Waals surface area contributed by atoms with Crippen LogP contribution in [0.3, 0.4) is 0 Å². The van der Waals surface area contributed by atoms with Gasteiger partial charge in [-0.25, -0.2) is 0 Å². The number of aliphatic imine (C=N–C) groups is 1. The van der Waals surface area contributed by atoms with Crippen LogP contribution in [0, 0.1) is 0 Å². The summed E-state index contributed by atoms with van der Waals surface area (Å²) in [6.07, 6.45) is 10.0. The average Bonchev–Trinajstić information content (AvgIpc) is 3.31. The number of rotatable bonds is 5. The highest BCUT2D eigenvalue weighted by Crippen LogP contribution is 2.26. The van der Waals surface area contributed by atoms with Crippen LogP contribution in [0.4, 0.5) is 0 Å². The van der Waals surface area contributed by atoms with Gasteiger partial charge in [-0.1, -0.05) is 12.8 Å². The number of ether oxygens (including phenoxy) is 1. The maximum Gasteiger partial charge on any atom is 0.244 e. The molecule has 1 aliphatic heterocycles. The van der Waals surface area contributed by atoms with Gasteiger partial charge in [0.25, 0.3) is 0 Å². The second kappa shape index (κ2) is 8.80. The van der Waals surface area contributed by atoms with Crippen molar-refractivity contribution in [2.75, 3.05) is 19.6 Å². The van der Waals surface area contributed by atoms with Crippen LogP contribution >= 0.6 is 0 Å². The lowest BCUT2D eigenvalue weighted by Crippen LogP contribution is -2.42. The first-order valence-electron chi connectivity index (χ1n) is 10.0. The molecule has 144 valence electrons. The molecule has 1 amide bonds. The van der Waals surface area contributed by atoms with Gasteiger partial charge in [-0.15, -0.1) is 0 Å². The minimum absolute atomic E-state index is 0.0597. The van der Waals surface area contributed by atoms with E-state index >= 15 is 0 Å². The quantitative estimate of drug-likeness (QED) is 0.762. The average molecular weight is 361 g/mol. The Morgan fingerprint density at radius 1 is 1.08 bits per heavy atom. The summed E-state index contributed by atoms with van der Waals surface area (Å²) in [5.74, 6) is -0.0604. The van der Waals surface area contributed by atoms with Crippen molar-refractivity contribution in [2.45, 2.75) is 76.9 Å². The van der Waals surface area contributed by atoms with Crippen molar-refractivity contribution >= 4 is 17.4 Å². The van der Waals surface area contributed by atoms with E-state index in [9.17, 15) is 9.59 Å². The molecule has 2 N–H and O–H groups in total. The predicted molar refractivity (Wildman–Crippen MR) is 101 cm³/mol. The molecular weight excluding hydrogens is 330 g/mol. The van der Waals surface area contributed by atoms with Crippen molar-refractivity contribution in [1.82, 2.24) is 4.90 Å². The summed E-state index contributed by atoms with van der Waals surface area (Å²) in [5.41, 5.74) is 7.87. The molecule has 6 nitrogen and oxygen atoms in total. The third-order valence-corrected chi connectivity index (χ3v) is 5.78. The summed E-state index contributed by atoms with van der Waals surface area (Å²) >= 11 is 0. The number of carbonyl (C=O) groups excluding carboxylic acids is 2. The second-order valence-corrected chi connectivity index (χ2v) is 7.69. The fourth-order valence-electron chi connectivity index (χ4n) is 4.21. The molecule has 2 saturated carbocycles. The summed E-state index contributed by atoms with van der Waals surface area (Å²) in [6.45, 7) is 3.12. The van der Waals surface area contributed by atoms with E-state index in [1.54, 1.807) is 0 Å². The van der Waals surface area contributed by atoms with E-state index in [0.29, 0.717) is 17.9 Å². The molecule has 2 aliphatic carbocycles. The SMILES string of the molecule is CC(=O)C(N)=C1CCCC1=NCC(=O)N1CCC(OC2CCCC2)CC1. The number of amides is 1. The molecule has 26 heavy (non-hydrogen) atoms. The van der Waals surface area contributed by atoms with Crippen LogP contribution in [0.5, 0.6) is 0 Å². The molecule has 0 aromatic carbocycles. The number of hydrogen-bond donors (Lipinski definition) is 1. The van der Waals surface area contributed by atoms with E-state index < -0.39 is 0 Å². The maximum atomic E-state index is 12.5. The summed E-state index contributed by atoms with van der Waals surface area (Å²) in [4.78, 5) is 30.4. The van der Waals surface area contributed by atoms with Gasteiger partial charge < -0.3 is 15.4 Å². The van der Waals surface area contributed by atoms with Crippen LogP contribution in [0.25, 0.3) is 0 Å². The monoisotopic (exact) mass is 361 g/mol. The Morgan fingerprint density at radius 3 is 2.38 bits per heavy atom. The number of piperidine rings is 1. The standard InChI is InChI=1S/C20H31N3O3/c1-14(24)20(21)17-7-4-8-18(17)22-13-19(25)23-11-9-16(10-12-23)26-15-5-2-3-6-15/h15-16H,2-13,21H2,1H3. The predicted octanol–water partition coefficient (Wildman–Crippen LogP) is 2.36. The van der Waals surface area contributed by atoms with Gasteiger partial charge in [0.2, 0.25) is 5.91 Å². The Balaban J connectivity index is 1.48. The van der Waals surface area contributed by atoms with Gasteiger partial charge in [0.05, 0.1) is 17.9 Å². The highest BCUT2D eigenvalue weighted by Gasteiger charge is 2.27. The minimum Gasteiger partial charge on any atom is -0.396 e. The van der Waals surface area contributed by atoms with Crippen LogP contribution < -0.4 is 5.73 Å². The van der Waals surface area contributed by atoms with Crippen molar-refractivity contribution in [1.29, 1.82) is 0 Å². The molecule has 0 aromatic rings. The smallest absolute Gasteiger partial charge is 0.244 e. The van der Waals surface area contributed by atoms with Crippen molar-refractivity contribution in [3.05, 3.63) is 11.3 Å². The molecule has 0 bridgehead atoms. The molecule has 0 atom stereocenters. The number of nitrogens with zero attached hydrogens (tertiary/aromatic N) is 2. The topological polar surface area (TPSA) is 85.0 Å². The Hall–Kier alpha value is -1.69. The van der Waals surface area contributed by atoms with Gasteiger partial charge in [0, 0.05) is 25.7 Å². The molecule has 3 rings (SSSR count). The summed E-state index contributed by atoms with van der Waals surface area (Å²) in [6, 6.07) is 0. The molecule has 3 aliphatic rings. The number of ketones is 1. The van der Waals surface area contributed by atoms with Crippen LogP contribution in [0.15, 0.2) is 16.3 Å². The van der Waals surface area contributed by atoms with Crippen LogP contribution in [0.1, 0.15) is 64.7 Å². The summed E-state index contributed by atoms with van der Waals surface area (Å²) in [5, 5.41) is 0. The highest BCUT2D eigenvalue weighted by atomic mass is 16.5. The lowest BCUT2D eigenvalue weighted by Gasteiger charge is -2.33. The first-order chi connectivity index (χ1) is 12.5. The number of likely N-dealkylation sites (tertiary alicyclic amines) is 1. The molecule has 0 radical (unpaired) electrons. The number of hydrogen-bond acceptors (Lipinski definition) is 5. The molecule has 1 heterocycles. The molecule has 1 saturated heterocycles. The fraction of sp³-hybridized carbons (Fsp3) is 0.750. The van der Waals surface area contributed by atoms with E-state index in [2.05, 4.69) is 4.99 Å². The normalized spacial score (nSPS) is 25.9. The number of allylic oxidation sites excluding steroid dienone is 2. The maximum absolute atomic E-state index is 12.5. The van der Waals surface area contributed by atoms with E-state index in [1.807, 2.05) is 4.90 Å². The second-order valence-electron chi connectivity index (χ2n) is 7.69. The van der Waals surface area contributed by atoms with Crippen LogP contribution in [-0.2, 0) is 14.3 Å². The van der Waals surface area contributed by atoms with Gasteiger partial charge in [0.15, 0.2) is 5.78 Å². The Labute approximate surface area is 155 Å². The molecule has 0 unspecified atom stereocenters. The van der Waals surface area contributed by atoms with E-state index in [1.165, 1.54) is 32.6 Å². The molecule has 3 fully saturated rings. The number of Topliss-reactive ketones (excluding diaryl/α,β-unsaturated/α-hetero) is 1. The highest BCUT2D eigenvalue weighted by molar-refractivity contribution is 6.09. The van der Waals surface area contributed by atoms with Crippen molar-refractivity contribution in [2.24, 2.45) is 10.7 Å². The lowest BCUT2D eigenvalue weighted by atomic mass is 10.1. The molecule has 6 heteroatoms. The zero-order valence-corrected chi connectivity index (χ0v) is 15.8. The number of carbonyl (C=O) groups is 2. The molecule has 0 aromatic heterocycles. The van der Waals surface area contributed by atoms with Gasteiger partial charge in [0.1, 0.15) is 6.54 Å². The third kappa shape index (κ3) is 4.72. The van der Waals surface area contributed by atoms with Gasteiger partial charge in [-0.2, -0.15) is 0 Å². The van der Waals surface area contributed by atoms with Gasteiger partial charge in [-0.3, -0.25) is 14.6 Å². The zero-order chi connectivity index (χ0) is 18.5. The lowest BCUT2D eigenvalue weighted by molar-refractivity contribution is -0.133. The van der Waals surface area contributed by atoms with E-state index in [0.717, 1.165) is 56.5 Å². The van der Waals surface area contributed by atoms with E-state index in [-0.39, 0.29) is 18.2 Å². The first-order valence-corrected chi connectivity index (χ1v) is 10.0. The molecular formula is C20H31N3O3. The number of nitrogens with two attached hydrogens (primary N) is 1. The van der Waals surface area contributed by atoms with Crippen LogP contribution in [-0.4, -0.2) is 54.1 Å². The Bertz CT molecular complexity index is 597. The Morgan fingerprint density at radius 2 is 1.73 bits per heavy atom. The molecule has 0 spiro atoms. The van der Waals surface area contributed by atoms with Crippen molar-refractivity contribution < 1.29 is 14.3 Å². The fourth-order valence-corrected chi connectivity index (χ4v) is 4.21.